The Bertz CT molecular complexity index is 1410. The normalized spacial score (nSPS) is 20.9. The molecule has 6 rings (SSSR count). The number of ether oxygens (including phenoxy) is 2. The number of para-hydroxylation sites is 1. The number of fused-ring (bicyclic) bond motifs is 2. The number of carbonyl (C=O) groups excluding carboxylic acids is 1. The topological polar surface area (TPSA) is 70.7 Å². The average Bonchev–Trinajstić information content (AvgIpc) is 3.35. The molecule has 1 saturated heterocycles. The number of nitrogens with one attached hydrogen (secondary N) is 1. The number of halogens is 3. The van der Waals surface area contributed by atoms with Crippen LogP contribution < -0.4 is 9.47 Å². The number of hydrogen-bond acceptors (Lipinski definition) is 6. The zero-order valence-corrected chi connectivity index (χ0v) is 21.0. The van der Waals surface area contributed by atoms with Gasteiger partial charge in [-0.15, -0.1) is 24.5 Å². The molecule has 2 unspecified atom stereocenters. The molecule has 4 aromatic rings. The lowest BCUT2D eigenvalue weighted by molar-refractivity contribution is -0.274. The van der Waals surface area contributed by atoms with E-state index in [0.717, 1.165) is 25.2 Å². The summed E-state index contributed by atoms with van der Waals surface area (Å²) in [6, 6.07) is 13.9. The molecular weight excluding hydrogens is 517 g/mol. The smallest absolute Gasteiger partial charge is 0.406 e. The molecule has 1 saturated carbocycles. The summed E-state index contributed by atoms with van der Waals surface area (Å²) in [6.07, 6.45) is -3.29. The minimum atomic E-state index is -4.79. The van der Waals surface area contributed by atoms with Gasteiger partial charge < -0.3 is 19.4 Å². The van der Waals surface area contributed by atoms with Gasteiger partial charge in [-0.2, -0.15) is 0 Å². The third-order valence-electron chi connectivity index (χ3n) is 7.31. The second-order valence-electron chi connectivity index (χ2n) is 9.82. The highest BCUT2D eigenvalue weighted by Crippen LogP contribution is 2.52. The third kappa shape index (κ3) is 5.48. The van der Waals surface area contributed by atoms with Crippen molar-refractivity contribution in [3.05, 3.63) is 76.7 Å². The van der Waals surface area contributed by atoms with E-state index in [4.69, 9.17) is 4.74 Å². The Labute approximate surface area is 220 Å². The van der Waals surface area contributed by atoms with Crippen LogP contribution in [0.25, 0.3) is 10.9 Å². The summed E-state index contributed by atoms with van der Waals surface area (Å²) in [6.45, 7) is 3.32. The number of thiazole rings is 1. The summed E-state index contributed by atoms with van der Waals surface area (Å²) in [4.78, 5) is 24.4. The minimum absolute atomic E-state index is 0.104. The van der Waals surface area contributed by atoms with E-state index in [0.29, 0.717) is 29.9 Å². The zero-order chi connectivity index (χ0) is 26.3. The first-order valence-corrected chi connectivity index (χ1v) is 13.2. The zero-order valence-electron chi connectivity index (χ0n) is 20.2. The molecule has 198 valence electrons. The first-order chi connectivity index (χ1) is 18.3. The van der Waals surface area contributed by atoms with E-state index in [1.807, 2.05) is 12.1 Å². The van der Waals surface area contributed by atoms with Gasteiger partial charge in [0.15, 0.2) is 0 Å². The van der Waals surface area contributed by atoms with Crippen molar-refractivity contribution in [1.29, 1.82) is 0 Å². The maximum atomic E-state index is 13.1. The summed E-state index contributed by atoms with van der Waals surface area (Å²) in [5.74, 6) is 1.13. The summed E-state index contributed by atoms with van der Waals surface area (Å²) < 4.78 is 47.6. The summed E-state index contributed by atoms with van der Waals surface area (Å²) in [5, 5.41) is 2.86. The highest BCUT2D eigenvalue weighted by molar-refractivity contribution is 7.07. The molecule has 0 spiro atoms. The Morgan fingerprint density at radius 2 is 1.97 bits per heavy atom. The predicted octanol–water partition coefficient (Wildman–Crippen LogP) is 5.90. The van der Waals surface area contributed by atoms with Crippen LogP contribution in [-0.2, 0) is 13.1 Å². The van der Waals surface area contributed by atoms with Gasteiger partial charge in [-0.25, -0.2) is 9.78 Å². The molecule has 7 nitrogen and oxygen atoms in total. The summed E-state index contributed by atoms with van der Waals surface area (Å²) in [7, 11) is 0. The van der Waals surface area contributed by atoms with E-state index >= 15 is 0 Å². The number of nitrogens with zero attached hydrogens (tertiary/aromatic N) is 3. The molecule has 0 radical (unpaired) electrons. The molecular formula is C27H25F3N4O3S. The average molecular weight is 543 g/mol. The molecule has 0 bridgehead atoms. The highest BCUT2D eigenvalue weighted by Gasteiger charge is 2.56. The third-order valence-corrected chi connectivity index (χ3v) is 7.88. The molecule has 1 amide bonds. The lowest BCUT2D eigenvalue weighted by atomic mass is 10.1. The number of aromatic nitrogens is 2. The number of alkyl halides is 3. The summed E-state index contributed by atoms with van der Waals surface area (Å²) in [5.41, 5.74) is 4.49. The maximum Gasteiger partial charge on any atom is 0.573 e. The number of likely N-dealkylation sites (tertiary alicyclic amines) is 1. The molecule has 38 heavy (non-hydrogen) atoms. The second kappa shape index (κ2) is 9.95. The van der Waals surface area contributed by atoms with Crippen molar-refractivity contribution < 1.29 is 27.4 Å². The van der Waals surface area contributed by atoms with Gasteiger partial charge in [0.25, 0.3) is 0 Å². The highest BCUT2D eigenvalue weighted by atomic mass is 32.1. The van der Waals surface area contributed by atoms with Gasteiger partial charge in [-0.3, -0.25) is 4.90 Å². The Kier molecular flexibility index (Phi) is 6.48. The van der Waals surface area contributed by atoms with E-state index in [1.54, 1.807) is 21.9 Å². The lowest BCUT2D eigenvalue weighted by Crippen LogP contribution is -2.36. The van der Waals surface area contributed by atoms with Gasteiger partial charge in [0.1, 0.15) is 5.75 Å². The monoisotopic (exact) mass is 542 g/mol. The fraction of sp³-hybridized carbons (Fsp3) is 0.333. The van der Waals surface area contributed by atoms with Crippen molar-refractivity contribution in [2.45, 2.75) is 19.5 Å². The lowest BCUT2D eigenvalue weighted by Gasteiger charge is -2.25. The first-order valence-electron chi connectivity index (χ1n) is 12.3. The molecule has 2 aliphatic rings. The van der Waals surface area contributed by atoms with Crippen LogP contribution in [0.5, 0.6) is 11.6 Å². The van der Waals surface area contributed by atoms with Crippen LogP contribution in [0.2, 0.25) is 0 Å². The molecule has 2 atom stereocenters. The van der Waals surface area contributed by atoms with Crippen molar-refractivity contribution in [3.63, 3.8) is 0 Å². The van der Waals surface area contributed by atoms with Crippen LogP contribution in [0.3, 0.4) is 0 Å². The fourth-order valence-corrected chi connectivity index (χ4v) is 6.02. The molecule has 1 aliphatic carbocycles. The van der Waals surface area contributed by atoms with Gasteiger partial charge in [0.05, 0.1) is 10.9 Å². The number of H-pyrrole nitrogens is 1. The van der Waals surface area contributed by atoms with Gasteiger partial charge in [-0.1, -0.05) is 30.3 Å². The molecule has 2 aromatic heterocycles. The number of hydrogen-bond donors (Lipinski definition) is 1. The van der Waals surface area contributed by atoms with Crippen LogP contribution in [0.15, 0.2) is 65.6 Å². The Morgan fingerprint density at radius 1 is 1.16 bits per heavy atom. The van der Waals surface area contributed by atoms with Crippen molar-refractivity contribution in [2.24, 2.45) is 17.8 Å². The van der Waals surface area contributed by atoms with Crippen molar-refractivity contribution >= 4 is 28.3 Å². The van der Waals surface area contributed by atoms with E-state index < -0.39 is 12.5 Å². The van der Waals surface area contributed by atoms with Crippen molar-refractivity contribution in [2.75, 3.05) is 19.6 Å². The van der Waals surface area contributed by atoms with Crippen molar-refractivity contribution in [3.8, 4) is 11.6 Å². The van der Waals surface area contributed by atoms with Crippen LogP contribution in [-0.4, -0.2) is 51.9 Å². The number of aromatic amines is 1. The first kappa shape index (κ1) is 24.7. The molecule has 1 N–H and O–H groups in total. The quantitative estimate of drug-likeness (QED) is 0.300. The Balaban J connectivity index is 1.11. The van der Waals surface area contributed by atoms with Crippen LogP contribution in [0.1, 0.15) is 11.1 Å². The largest absolute Gasteiger partial charge is 0.573 e. The predicted molar refractivity (Wildman–Crippen MR) is 136 cm³/mol. The van der Waals surface area contributed by atoms with E-state index in [1.165, 1.54) is 40.5 Å². The van der Waals surface area contributed by atoms with E-state index in [9.17, 15) is 18.0 Å². The van der Waals surface area contributed by atoms with Gasteiger partial charge in [0.2, 0.25) is 5.88 Å². The van der Waals surface area contributed by atoms with Gasteiger partial charge >= 0.3 is 12.5 Å². The number of piperidine rings is 1. The number of rotatable bonds is 8. The number of carbonyl (C=O) groups is 1. The van der Waals surface area contributed by atoms with Crippen LogP contribution in [0, 0.1) is 17.8 Å². The molecule has 11 heteroatoms. The van der Waals surface area contributed by atoms with Crippen LogP contribution in [0.4, 0.5) is 18.0 Å². The van der Waals surface area contributed by atoms with Crippen molar-refractivity contribution in [1.82, 2.24) is 19.8 Å². The molecule has 1 aliphatic heterocycles. The minimum Gasteiger partial charge on any atom is -0.406 e. The van der Waals surface area contributed by atoms with Crippen LogP contribution >= 0.6 is 11.3 Å². The second-order valence-corrected chi connectivity index (χ2v) is 10.5. The standard InChI is InChI=1S/C27H25F3N4O3S/c28-27(29,30)37-19-5-3-4-17(8-19)10-34(26(35)36-25-15-38-16-32-25)14-23-21-12-33(13-22(21)23)11-18-9-31-24-7-2-1-6-20(18)24/h1-9,15-16,21-23,31H,10-14H2. The number of benzene rings is 2. The van der Waals surface area contributed by atoms with Gasteiger partial charge in [-0.05, 0) is 47.1 Å². The number of amides is 1. The molecule has 3 heterocycles. The van der Waals surface area contributed by atoms with Gasteiger partial charge in [0, 0.05) is 49.8 Å². The SMILES string of the molecule is O=C(Oc1cscn1)N(Cc1cccc(OC(F)(F)F)c1)CC1C2CN(Cc3c[nH]c4ccccc34)CC21. The Hall–Kier alpha value is -3.57. The van der Waals surface area contributed by atoms with E-state index in [2.05, 4.69) is 37.9 Å². The maximum absolute atomic E-state index is 13.1. The molecule has 2 aromatic carbocycles. The Morgan fingerprint density at radius 3 is 2.74 bits per heavy atom. The fourth-order valence-electron chi connectivity index (χ4n) is 5.57. The summed E-state index contributed by atoms with van der Waals surface area (Å²) >= 11 is 1.31. The van der Waals surface area contributed by atoms with E-state index in [-0.39, 0.29) is 18.2 Å². The molecule has 2 fully saturated rings.